The van der Waals surface area contributed by atoms with Crippen molar-refractivity contribution in [3.63, 3.8) is 0 Å². The summed E-state index contributed by atoms with van der Waals surface area (Å²) in [6.45, 7) is 6.62. The lowest BCUT2D eigenvalue weighted by atomic mass is 10.0. The number of hydrogen-bond donors (Lipinski definition) is 2. The molecule has 0 spiro atoms. The number of Topliss-reactive ketones (excluding diaryl/α,β-unsaturated/α-hetero) is 1. The summed E-state index contributed by atoms with van der Waals surface area (Å²) in [6.07, 6.45) is -1.73. The molecule has 27 heavy (non-hydrogen) atoms. The molecule has 1 heterocycles. The Morgan fingerprint density at radius 2 is 1.78 bits per heavy atom. The van der Waals surface area contributed by atoms with Crippen molar-refractivity contribution in [2.75, 3.05) is 14.2 Å². The van der Waals surface area contributed by atoms with Gasteiger partial charge in [-0.15, -0.1) is 0 Å². The molecule has 0 bridgehead atoms. The summed E-state index contributed by atoms with van der Waals surface area (Å²) in [5.41, 5.74) is 2.46. The Kier molecular flexibility index (Phi) is 6.28. The van der Waals surface area contributed by atoms with E-state index in [0.717, 1.165) is 0 Å². The summed E-state index contributed by atoms with van der Waals surface area (Å²) in [4.78, 5) is 28.2. The van der Waals surface area contributed by atoms with Crippen molar-refractivity contribution in [1.82, 2.24) is 4.98 Å². The number of nitrogens with one attached hydrogen (secondary N) is 1. The largest absolute Gasteiger partial charge is 0.497 e. The van der Waals surface area contributed by atoms with E-state index < -0.39 is 18.2 Å². The fourth-order valence-electron chi connectivity index (χ4n) is 3.09. The van der Waals surface area contributed by atoms with Gasteiger partial charge in [-0.1, -0.05) is 0 Å². The molecule has 0 amide bonds. The Morgan fingerprint density at radius 3 is 2.30 bits per heavy atom. The van der Waals surface area contributed by atoms with E-state index in [-0.39, 0.29) is 11.5 Å². The van der Waals surface area contributed by atoms with E-state index in [4.69, 9.17) is 14.2 Å². The van der Waals surface area contributed by atoms with Crippen LogP contribution in [0.3, 0.4) is 0 Å². The van der Waals surface area contributed by atoms with Gasteiger partial charge in [-0.25, -0.2) is 4.79 Å². The van der Waals surface area contributed by atoms with Crippen LogP contribution in [-0.2, 0) is 4.74 Å². The zero-order valence-electron chi connectivity index (χ0n) is 16.4. The predicted octanol–water partition coefficient (Wildman–Crippen LogP) is 3.13. The van der Waals surface area contributed by atoms with Crippen molar-refractivity contribution < 1.29 is 28.9 Å². The van der Waals surface area contributed by atoms with Gasteiger partial charge in [0.1, 0.15) is 17.2 Å². The lowest BCUT2D eigenvalue weighted by molar-refractivity contribution is 0.0311. The van der Waals surface area contributed by atoms with Gasteiger partial charge in [-0.3, -0.25) is 4.79 Å². The number of aromatic amines is 1. The van der Waals surface area contributed by atoms with Crippen molar-refractivity contribution >= 4 is 11.8 Å². The molecular formula is C20H25NO6. The van der Waals surface area contributed by atoms with E-state index in [1.807, 2.05) is 0 Å². The Labute approximate surface area is 158 Å². The highest BCUT2D eigenvalue weighted by molar-refractivity contribution is 6.03. The molecule has 0 aliphatic heterocycles. The average molecular weight is 375 g/mol. The van der Waals surface area contributed by atoms with Gasteiger partial charge in [-0.05, 0) is 45.4 Å². The van der Waals surface area contributed by atoms with Crippen molar-refractivity contribution in [2.45, 2.75) is 39.9 Å². The van der Waals surface area contributed by atoms with Crippen LogP contribution in [0.15, 0.2) is 18.2 Å². The summed E-state index contributed by atoms with van der Waals surface area (Å²) < 4.78 is 15.7. The molecule has 7 nitrogen and oxygen atoms in total. The number of rotatable bonds is 7. The first kappa shape index (κ1) is 20.5. The smallest absolute Gasteiger partial charge is 0.355 e. The van der Waals surface area contributed by atoms with Gasteiger partial charge in [0.25, 0.3) is 0 Å². The van der Waals surface area contributed by atoms with Crippen LogP contribution in [0, 0.1) is 13.8 Å². The minimum atomic E-state index is -1.02. The van der Waals surface area contributed by atoms with E-state index in [2.05, 4.69) is 4.98 Å². The zero-order chi connectivity index (χ0) is 20.3. The molecule has 2 aromatic rings. The maximum absolute atomic E-state index is 12.7. The number of benzene rings is 1. The molecule has 2 N–H and O–H groups in total. The molecule has 0 unspecified atom stereocenters. The van der Waals surface area contributed by atoms with Crippen molar-refractivity contribution in [3.8, 4) is 11.5 Å². The fraction of sp³-hybridized carbons (Fsp3) is 0.400. The van der Waals surface area contributed by atoms with Gasteiger partial charge in [0.2, 0.25) is 5.78 Å². The monoisotopic (exact) mass is 375 g/mol. The number of esters is 1. The molecule has 1 aromatic heterocycles. The molecule has 0 radical (unpaired) electrons. The second-order valence-corrected chi connectivity index (χ2v) is 6.32. The van der Waals surface area contributed by atoms with Gasteiger partial charge < -0.3 is 24.3 Å². The summed E-state index contributed by atoms with van der Waals surface area (Å²) in [5, 5.41) is 9.85. The number of ether oxygens (including phenoxy) is 3. The molecular weight excluding hydrogens is 350 g/mol. The number of methoxy groups -OCH3 is 2. The van der Waals surface area contributed by atoms with Crippen LogP contribution in [0.1, 0.15) is 57.6 Å². The molecule has 0 saturated heterocycles. The molecule has 1 aromatic carbocycles. The Hall–Kier alpha value is -2.80. The van der Waals surface area contributed by atoms with Crippen LogP contribution >= 0.6 is 0 Å². The maximum Gasteiger partial charge on any atom is 0.355 e. The van der Waals surface area contributed by atoms with Gasteiger partial charge in [0, 0.05) is 17.3 Å². The van der Waals surface area contributed by atoms with Crippen LogP contribution in [-0.4, -0.2) is 42.2 Å². The first-order valence-corrected chi connectivity index (χ1v) is 8.55. The maximum atomic E-state index is 12.7. The quantitative estimate of drug-likeness (QED) is 0.570. The number of aromatic nitrogens is 1. The predicted molar refractivity (Wildman–Crippen MR) is 99.7 cm³/mol. The highest BCUT2D eigenvalue weighted by Gasteiger charge is 2.26. The van der Waals surface area contributed by atoms with Crippen LogP contribution in [0.25, 0.3) is 0 Å². The van der Waals surface area contributed by atoms with Crippen LogP contribution in [0.4, 0.5) is 0 Å². The third-order valence-corrected chi connectivity index (χ3v) is 4.44. The van der Waals surface area contributed by atoms with Gasteiger partial charge in [0.05, 0.1) is 25.9 Å². The molecule has 0 aliphatic carbocycles. The molecule has 2 rings (SSSR count). The first-order valence-electron chi connectivity index (χ1n) is 8.55. The Bertz CT molecular complexity index is 852. The van der Waals surface area contributed by atoms with Gasteiger partial charge in [0.15, 0.2) is 6.10 Å². The number of ketones is 1. The highest BCUT2D eigenvalue weighted by Crippen LogP contribution is 2.27. The van der Waals surface area contributed by atoms with Crippen molar-refractivity contribution in [2.24, 2.45) is 0 Å². The zero-order valence-corrected chi connectivity index (χ0v) is 16.4. The lowest BCUT2D eigenvalue weighted by Gasteiger charge is -2.15. The van der Waals surface area contributed by atoms with Crippen molar-refractivity contribution in [3.05, 3.63) is 46.3 Å². The minimum absolute atomic E-state index is 0.227. The normalized spacial score (nSPS) is 13.0. The fourth-order valence-corrected chi connectivity index (χ4v) is 3.09. The number of aliphatic hydroxyl groups is 1. The van der Waals surface area contributed by atoms with E-state index in [1.54, 1.807) is 39.0 Å². The van der Waals surface area contributed by atoms with Crippen LogP contribution < -0.4 is 9.47 Å². The van der Waals surface area contributed by atoms with Crippen LogP contribution in [0.2, 0.25) is 0 Å². The summed E-state index contributed by atoms with van der Waals surface area (Å²) in [5.74, 6) is -0.155. The summed E-state index contributed by atoms with van der Waals surface area (Å²) >= 11 is 0. The average Bonchev–Trinajstić information content (AvgIpc) is 2.94. The standard InChI is InChI=1S/C20H25NO6/c1-10-17(12(3)22)11(2)21-18(10)20(24)27-13(4)19(23)15-8-7-14(25-5)9-16(15)26-6/h7-9,12-13,21-22H,1-6H3/t12-,13+/m1/s1. The Balaban J connectivity index is 2.22. The molecule has 146 valence electrons. The lowest BCUT2D eigenvalue weighted by Crippen LogP contribution is -2.25. The van der Waals surface area contributed by atoms with E-state index in [1.165, 1.54) is 21.1 Å². The SMILES string of the molecule is COc1ccc(C(=O)[C@H](C)OC(=O)c2[nH]c(C)c([C@@H](C)O)c2C)c(OC)c1. The van der Waals surface area contributed by atoms with E-state index in [9.17, 15) is 14.7 Å². The van der Waals surface area contributed by atoms with Crippen LogP contribution in [0.5, 0.6) is 11.5 Å². The minimum Gasteiger partial charge on any atom is -0.497 e. The topological polar surface area (TPSA) is 97.9 Å². The van der Waals surface area contributed by atoms with Gasteiger partial charge in [-0.2, -0.15) is 0 Å². The number of aliphatic hydroxyl groups excluding tert-OH is 1. The number of H-pyrrole nitrogens is 1. The van der Waals surface area contributed by atoms with Gasteiger partial charge >= 0.3 is 5.97 Å². The second-order valence-electron chi connectivity index (χ2n) is 6.32. The summed E-state index contributed by atoms with van der Waals surface area (Å²) in [6, 6.07) is 4.80. The van der Waals surface area contributed by atoms with E-state index in [0.29, 0.717) is 33.9 Å². The number of hydrogen-bond acceptors (Lipinski definition) is 6. The number of carbonyl (C=O) groups is 2. The molecule has 0 aliphatic rings. The van der Waals surface area contributed by atoms with Crippen molar-refractivity contribution in [1.29, 1.82) is 0 Å². The first-order chi connectivity index (χ1) is 12.7. The third kappa shape index (κ3) is 4.14. The molecule has 7 heteroatoms. The van der Waals surface area contributed by atoms with E-state index >= 15 is 0 Å². The third-order valence-electron chi connectivity index (χ3n) is 4.44. The number of carbonyl (C=O) groups excluding carboxylic acids is 2. The Morgan fingerprint density at radius 1 is 1.11 bits per heavy atom. The molecule has 0 fully saturated rings. The highest BCUT2D eigenvalue weighted by atomic mass is 16.5. The number of aryl methyl sites for hydroxylation is 1. The summed E-state index contributed by atoms with van der Waals surface area (Å²) in [7, 11) is 2.97. The second kappa shape index (κ2) is 8.26. The molecule has 0 saturated carbocycles. The molecule has 2 atom stereocenters.